The summed E-state index contributed by atoms with van der Waals surface area (Å²) in [7, 11) is 0. The monoisotopic (exact) mass is 216 g/mol. The highest BCUT2D eigenvalue weighted by atomic mass is 16.5. The van der Waals surface area contributed by atoms with Gasteiger partial charge in [-0.25, -0.2) is 0 Å². The van der Waals surface area contributed by atoms with Crippen LogP contribution in [0.4, 0.5) is 0 Å². The first-order valence-corrected chi connectivity index (χ1v) is 4.88. The molecular weight excluding hydrogens is 204 g/mol. The minimum absolute atomic E-state index is 0.292. The van der Waals surface area contributed by atoms with Crippen LogP contribution in [-0.2, 0) is 9.47 Å². The predicted octanol–water partition coefficient (Wildman–Crippen LogP) is 2.80. The van der Waals surface area contributed by atoms with Crippen LogP contribution in [0.1, 0.15) is 37.2 Å². The summed E-state index contributed by atoms with van der Waals surface area (Å²) in [5.74, 6) is 0. The maximum atomic E-state index is 8.42. The smallest absolute Gasteiger partial charge is 0.286 e. The summed E-state index contributed by atoms with van der Waals surface area (Å²) in [6, 6.07) is 7.44. The van der Waals surface area contributed by atoms with Crippen molar-refractivity contribution in [1.82, 2.24) is 0 Å². The number of rotatable bonds is 4. The lowest BCUT2D eigenvalue weighted by atomic mass is 10.0. The molecule has 0 fully saturated rings. The number of ether oxygens (including phenoxy) is 2. The minimum Gasteiger partial charge on any atom is -0.420 e. The van der Waals surface area contributed by atoms with Gasteiger partial charge in [-0.05, 0) is 31.0 Å². The molecule has 4 nitrogen and oxygen atoms in total. The van der Waals surface area contributed by atoms with E-state index in [4.69, 9.17) is 20.0 Å². The number of nitrogens with zero attached hydrogens (tertiary/aromatic N) is 2. The Kier molecular flexibility index (Phi) is 4.17. The summed E-state index contributed by atoms with van der Waals surface area (Å²) < 4.78 is 9.64. The Morgan fingerprint density at radius 2 is 1.44 bits per heavy atom. The van der Waals surface area contributed by atoms with Crippen LogP contribution in [0.3, 0.4) is 0 Å². The molecular formula is C12H12N2O2. The van der Waals surface area contributed by atoms with Crippen molar-refractivity contribution in [3.8, 4) is 12.5 Å². The van der Waals surface area contributed by atoms with Gasteiger partial charge in [-0.15, -0.1) is 0 Å². The molecule has 1 rings (SSSR count). The van der Waals surface area contributed by atoms with Crippen molar-refractivity contribution in [3.63, 3.8) is 0 Å². The molecule has 0 saturated heterocycles. The number of hydrogen-bond acceptors (Lipinski definition) is 4. The van der Waals surface area contributed by atoms with Gasteiger partial charge in [0.25, 0.3) is 12.5 Å². The minimum atomic E-state index is -0.292. The highest BCUT2D eigenvalue weighted by Crippen LogP contribution is 2.22. The highest BCUT2D eigenvalue weighted by molar-refractivity contribution is 5.26. The summed E-state index contributed by atoms with van der Waals surface area (Å²) in [5, 5.41) is 16.8. The molecule has 0 amide bonds. The van der Waals surface area contributed by atoms with E-state index in [1.54, 1.807) is 26.4 Å². The second-order valence-electron chi connectivity index (χ2n) is 3.37. The van der Waals surface area contributed by atoms with Crippen LogP contribution in [0.25, 0.3) is 0 Å². The molecule has 0 saturated carbocycles. The molecule has 16 heavy (non-hydrogen) atoms. The Balaban J connectivity index is 2.87. The van der Waals surface area contributed by atoms with Gasteiger partial charge in [-0.3, -0.25) is 0 Å². The van der Waals surface area contributed by atoms with Crippen LogP contribution in [0, 0.1) is 23.0 Å². The second-order valence-corrected chi connectivity index (χ2v) is 3.37. The van der Waals surface area contributed by atoms with E-state index in [1.807, 2.05) is 24.3 Å². The van der Waals surface area contributed by atoms with Crippen LogP contribution < -0.4 is 0 Å². The number of hydrogen-bond donors (Lipinski definition) is 0. The lowest BCUT2D eigenvalue weighted by Gasteiger charge is -2.12. The summed E-state index contributed by atoms with van der Waals surface area (Å²) >= 11 is 0. The highest BCUT2D eigenvalue weighted by Gasteiger charge is 2.10. The van der Waals surface area contributed by atoms with Gasteiger partial charge in [0.2, 0.25) is 0 Å². The fourth-order valence-corrected chi connectivity index (χ4v) is 1.36. The number of benzene rings is 1. The van der Waals surface area contributed by atoms with Gasteiger partial charge >= 0.3 is 0 Å². The van der Waals surface area contributed by atoms with Crippen molar-refractivity contribution < 1.29 is 9.47 Å². The molecule has 0 aliphatic rings. The molecule has 0 aliphatic heterocycles. The van der Waals surface area contributed by atoms with Gasteiger partial charge in [0.15, 0.2) is 0 Å². The Hall–Kier alpha value is -2.20. The first-order valence-electron chi connectivity index (χ1n) is 4.88. The Bertz CT molecular complexity index is 394. The van der Waals surface area contributed by atoms with Gasteiger partial charge in [-0.1, -0.05) is 18.2 Å². The third-order valence-electron chi connectivity index (χ3n) is 2.31. The first kappa shape index (κ1) is 11.9. The first-order chi connectivity index (χ1) is 7.69. The second kappa shape index (κ2) is 5.63. The Labute approximate surface area is 94.6 Å². The van der Waals surface area contributed by atoms with E-state index in [0.717, 1.165) is 11.1 Å². The average molecular weight is 216 g/mol. The van der Waals surface area contributed by atoms with E-state index in [-0.39, 0.29) is 12.2 Å². The zero-order valence-electron chi connectivity index (χ0n) is 9.18. The zero-order chi connectivity index (χ0) is 12.0. The largest absolute Gasteiger partial charge is 0.420 e. The molecule has 0 radical (unpaired) electrons. The molecule has 0 aliphatic carbocycles. The Morgan fingerprint density at radius 3 is 1.81 bits per heavy atom. The van der Waals surface area contributed by atoms with Crippen LogP contribution in [0.15, 0.2) is 24.3 Å². The maximum Gasteiger partial charge on any atom is 0.286 e. The fraction of sp³-hybridized carbons (Fsp3) is 0.333. The van der Waals surface area contributed by atoms with Crippen LogP contribution in [0.2, 0.25) is 0 Å². The fourth-order valence-electron chi connectivity index (χ4n) is 1.36. The zero-order valence-corrected chi connectivity index (χ0v) is 9.18. The molecule has 2 unspecified atom stereocenters. The van der Waals surface area contributed by atoms with E-state index in [0.29, 0.717) is 0 Å². The summed E-state index contributed by atoms with van der Waals surface area (Å²) in [6.45, 7) is 3.58. The molecule has 2 atom stereocenters. The SMILES string of the molecule is CC(OC#N)c1cccc(C(C)OC#N)c1. The topological polar surface area (TPSA) is 66.0 Å². The number of nitriles is 2. The van der Waals surface area contributed by atoms with E-state index in [9.17, 15) is 0 Å². The standard InChI is InChI=1S/C12H12N2O2/c1-9(15-7-13)11-4-3-5-12(6-11)10(2)16-8-14/h3-6,9-10H,1-2H3. The van der Waals surface area contributed by atoms with E-state index >= 15 is 0 Å². The van der Waals surface area contributed by atoms with Crippen molar-refractivity contribution in [2.24, 2.45) is 0 Å². The molecule has 4 heteroatoms. The van der Waals surface area contributed by atoms with Crippen LogP contribution in [0.5, 0.6) is 0 Å². The van der Waals surface area contributed by atoms with Crippen molar-refractivity contribution >= 4 is 0 Å². The molecule has 82 valence electrons. The van der Waals surface area contributed by atoms with Gasteiger partial charge in [0.1, 0.15) is 12.2 Å². The van der Waals surface area contributed by atoms with E-state index in [2.05, 4.69) is 0 Å². The lowest BCUT2D eigenvalue weighted by Crippen LogP contribution is -2.00. The van der Waals surface area contributed by atoms with Gasteiger partial charge in [0, 0.05) is 0 Å². The van der Waals surface area contributed by atoms with Crippen molar-refractivity contribution in [2.45, 2.75) is 26.1 Å². The predicted molar refractivity (Wildman–Crippen MR) is 56.7 cm³/mol. The molecule has 0 spiro atoms. The summed E-state index contributed by atoms with van der Waals surface area (Å²) in [6.07, 6.45) is 2.73. The van der Waals surface area contributed by atoms with Crippen LogP contribution in [-0.4, -0.2) is 0 Å². The molecule has 0 N–H and O–H groups in total. The molecule has 0 heterocycles. The van der Waals surface area contributed by atoms with Crippen molar-refractivity contribution in [1.29, 1.82) is 10.5 Å². The molecule has 1 aromatic carbocycles. The summed E-state index contributed by atoms with van der Waals surface area (Å²) in [4.78, 5) is 0. The van der Waals surface area contributed by atoms with Crippen molar-refractivity contribution in [2.75, 3.05) is 0 Å². The molecule has 0 aromatic heterocycles. The van der Waals surface area contributed by atoms with Gasteiger partial charge in [-0.2, -0.15) is 10.5 Å². The summed E-state index contributed by atoms with van der Waals surface area (Å²) in [5.41, 5.74) is 1.76. The van der Waals surface area contributed by atoms with Crippen LogP contribution >= 0.6 is 0 Å². The lowest BCUT2D eigenvalue weighted by molar-refractivity contribution is 0.176. The Morgan fingerprint density at radius 1 is 1.00 bits per heavy atom. The van der Waals surface area contributed by atoms with E-state index in [1.165, 1.54) is 0 Å². The normalized spacial score (nSPS) is 13.0. The van der Waals surface area contributed by atoms with Crippen molar-refractivity contribution in [3.05, 3.63) is 35.4 Å². The maximum absolute atomic E-state index is 8.42. The molecule has 0 bridgehead atoms. The third kappa shape index (κ3) is 2.90. The van der Waals surface area contributed by atoms with Gasteiger partial charge < -0.3 is 9.47 Å². The van der Waals surface area contributed by atoms with E-state index < -0.39 is 0 Å². The van der Waals surface area contributed by atoms with Gasteiger partial charge in [0.05, 0.1) is 0 Å². The molecule has 1 aromatic rings. The third-order valence-corrected chi connectivity index (χ3v) is 2.31. The average Bonchev–Trinajstić information content (AvgIpc) is 2.30. The quantitative estimate of drug-likeness (QED) is 0.726.